The summed E-state index contributed by atoms with van der Waals surface area (Å²) in [7, 11) is 0. The molecular weight excluding hydrogens is 438 g/mol. The van der Waals surface area contributed by atoms with Gasteiger partial charge in [-0.2, -0.15) is 0 Å². The van der Waals surface area contributed by atoms with Gasteiger partial charge in [-0.15, -0.1) is 0 Å². The molecule has 0 aliphatic heterocycles. The monoisotopic (exact) mass is 445 g/mol. The van der Waals surface area contributed by atoms with Crippen molar-refractivity contribution in [3.8, 4) is 0 Å². The predicted molar refractivity (Wildman–Crippen MR) is 88.7 cm³/mol. The van der Waals surface area contributed by atoms with Gasteiger partial charge in [-0.25, -0.2) is 0 Å². The van der Waals surface area contributed by atoms with Crippen LogP contribution in [0.1, 0.15) is 15.9 Å². The highest BCUT2D eigenvalue weighted by Gasteiger charge is 2.12. The Kier molecular flexibility index (Phi) is 4.81. The minimum atomic E-state index is -0.144. The first-order valence-electron chi connectivity index (χ1n) is 5.50. The van der Waals surface area contributed by atoms with Crippen molar-refractivity contribution in [2.45, 2.75) is 6.92 Å². The summed E-state index contributed by atoms with van der Waals surface area (Å²) in [5.41, 5.74) is 2.38. The van der Waals surface area contributed by atoms with Gasteiger partial charge in [-0.1, -0.05) is 28.1 Å². The lowest BCUT2D eigenvalue weighted by molar-refractivity contribution is 0.102. The number of carbonyl (C=O) groups is 1. The van der Waals surface area contributed by atoms with Gasteiger partial charge in [0.05, 0.1) is 11.3 Å². The molecule has 0 radical (unpaired) electrons. The lowest BCUT2D eigenvalue weighted by atomic mass is 10.1. The molecule has 0 unspecified atom stereocenters. The van der Waals surface area contributed by atoms with Gasteiger partial charge in [-0.3, -0.25) is 4.79 Å². The molecule has 0 saturated heterocycles. The Labute approximate surface area is 137 Å². The van der Waals surface area contributed by atoms with Crippen LogP contribution in [-0.2, 0) is 0 Å². The predicted octanol–water partition coefficient (Wildman–Crippen LogP) is 5.53. The zero-order chi connectivity index (χ0) is 14.0. The maximum absolute atomic E-state index is 12.3. The molecule has 2 aromatic carbocycles. The highest BCUT2D eigenvalue weighted by molar-refractivity contribution is 9.11. The molecule has 0 saturated carbocycles. The van der Waals surface area contributed by atoms with Crippen molar-refractivity contribution in [3.05, 3.63) is 60.9 Å². The number of nitrogens with one attached hydrogen (secondary N) is 1. The minimum Gasteiger partial charge on any atom is -0.321 e. The second kappa shape index (κ2) is 6.20. The molecule has 0 spiro atoms. The average Bonchev–Trinajstić information content (AvgIpc) is 2.37. The summed E-state index contributed by atoms with van der Waals surface area (Å²) < 4.78 is 2.57. The van der Waals surface area contributed by atoms with Crippen LogP contribution in [-0.4, -0.2) is 5.91 Å². The minimum absolute atomic E-state index is 0.144. The molecule has 5 heteroatoms. The number of benzene rings is 2. The van der Waals surface area contributed by atoms with E-state index in [0.717, 1.165) is 24.7 Å². The van der Waals surface area contributed by atoms with E-state index in [4.69, 9.17) is 0 Å². The first-order valence-corrected chi connectivity index (χ1v) is 7.88. The number of amides is 1. The Bertz CT molecular complexity index is 641. The lowest BCUT2D eigenvalue weighted by Crippen LogP contribution is -2.13. The van der Waals surface area contributed by atoms with Crippen molar-refractivity contribution in [2.75, 3.05) is 5.32 Å². The molecule has 2 nitrogen and oxygen atoms in total. The standard InChI is InChI=1S/C14H10Br3NO/c1-8-3-2-4-10(13(8)17)14(19)18-12-7-9(15)5-6-11(12)16/h2-7H,1H3,(H,18,19). The second-order valence-electron chi connectivity index (χ2n) is 4.01. The third-order valence-electron chi connectivity index (χ3n) is 2.61. The van der Waals surface area contributed by atoms with Crippen molar-refractivity contribution < 1.29 is 4.79 Å². The third kappa shape index (κ3) is 3.46. The van der Waals surface area contributed by atoms with Crippen LogP contribution in [0.3, 0.4) is 0 Å². The fourth-order valence-electron chi connectivity index (χ4n) is 1.61. The first kappa shape index (κ1) is 14.8. The molecule has 2 aromatic rings. The van der Waals surface area contributed by atoms with Gasteiger partial charge in [0.15, 0.2) is 0 Å². The molecule has 2 rings (SSSR count). The van der Waals surface area contributed by atoms with Crippen molar-refractivity contribution in [3.63, 3.8) is 0 Å². The molecule has 0 bridgehead atoms. The van der Waals surface area contributed by atoms with Gasteiger partial charge in [0, 0.05) is 13.4 Å². The van der Waals surface area contributed by atoms with E-state index >= 15 is 0 Å². The topological polar surface area (TPSA) is 29.1 Å². The first-order chi connectivity index (χ1) is 8.99. The van der Waals surface area contributed by atoms with Crippen LogP contribution in [0.2, 0.25) is 0 Å². The normalized spacial score (nSPS) is 10.3. The Balaban J connectivity index is 2.31. The van der Waals surface area contributed by atoms with Crippen molar-refractivity contribution in [1.29, 1.82) is 0 Å². The summed E-state index contributed by atoms with van der Waals surface area (Å²) in [5.74, 6) is -0.144. The quantitative estimate of drug-likeness (QED) is 0.643. The average molecular weight is 448 g/mol. The summed E-state index contributed by atoms with van der Waals surface area (Å²) in [4.78, 5) is 12.3. The van der Waals surface area contributed by atoms with Crippen molar-refractivity contribution >= 4 is 59.4 Å². The molecule has 0 aliphatic carbocycles. The number of aryl methyl sites for hydroxylation is 1. The summed E-state index contributed by atoms with van der Waals surface area (Å²) in [6.07, 6.45) is 0. The molecule has 1 amide bonds. The van der Waals surface area contributed by atoms with E-state index in [9.17, 15) is 4.79 Å². The molecule has 0 heterocycles. The molecule has 1 N–H and O–H groups in total. The highest BCUT2D eigenvalue weighted by Crippen LogP contribution is 2.28. The molecule has 19 heavy (non-hydrogen) atoms. The third-order valence-corrected chi connectivity index (χ3v) is 4.85. The SMILES string of the molecule is Cc1cccc(C(=O)Nc2cc(Br)ccc2Br)c1Br. The highest BCUT2D eigenvalue weighted by atomic mass is 79.9. The lowest BCUT2D eigenvalue weighted by Gasteiger charge is -2.10. The molecule has 0 aliphatic rings. The Morgan fingerprint density at radius 2 is 1.84 bits per heavy atom. The maximum Gasteiger partial charge on any atom is 0.256 e. The van der Waals surface area contributed by atoms with Crippen LogP contribution in [0.15, 0.2) is 49.8 Å². The summed E-state index contributed by atoms with van der Waals surface area (Å²) in [6.45, 7) is 1.95. The summed E-state index contributed by atoms with van der Waals surface area (Å²) in [6, 6.07) is 11.2. The maximum atomic E-state index is 12.3. The van der Waals surface area contributed by atoms with E-state index in [-0.39, 0.29) is 5.91 Å². The number of hydrogen-bond donors (Lipinski definition) is 1. The van der Waals surface area contributed by atoms with Crippen LogP contribution in [0, 0.1) is 6.92 Å². The second-order valence-corrected chi connectivity index (χ2v) is 6.58. The van der Waals surface area contributed by atoms with E-state index in [1.165, 1.54) is 0 Å². The Morgan fingerprint density at radius 1 is 1.11 bits per heavy atom. The molecule has 98 valence electrons. The summed E-state index contributed by atoms with van der Waals surface area (Å²) >= 11 is 10.2. The number of rotatable bonds is 2. The molecular formula is C14H10Br3NO. The van der Waals surface area contributed by atoms with E-state index in [2.05, 4.69) is 53.1 Å². The largest absolute Gasteiger partial charge is 0.321 e. The van der Waals surface area contributed by atoms with E-state index in [1.54, 1.807) is 6.07 Å². The zero-order valence-electron chi connectivity index (χ0n) is 10.0. The Morgan fingerprint density at radius 3 is 2.58 bits per heavy atom. The van der Waals surface area contributed by atoms with Gasteiger partial charge in [-0.05, 0) is 68.6 Å². The van der Waals surface area contributed by atoms with Crippen molar-refractivity contribution in [2.24, 2.45) is 0 Å². The van der Waals surface area contributed by atoms with E-state index in [0.29, 0.717) is 5.56 Å². The van der Waals surface area contributed by atoms with Gasteiger partial charge in [0.1, 0.15) is 0 Å². The number of halogens is 3. The van der Waals surface area contributed by atoms with E-state index < -0.39 is 0 Å². The smallest absolute Gasteiger partial charge is 0.256 e. The van der Waals surface area contributed by atoms with Crippen LogP contribution < -0.4 is 5.32 Å². The molecule has 0 atom stereocenters. The van der Waals surface area contributed by atoms with Crippen LogP contribution in [0.4, 0.5) is 5.69 Å². The molecule has 0 aromatic heterocycles. The van der Waals surface area contributed by atoms with Gasteiger partial charge < -0.3 is 5.32 Å². The Hall–Kier alpha value is -0.650. The van der Waals surface area contributed by atoms with Gasteiger partial charge >= 0.3 is 0 Å². The fourth-order valence-corrected chi connectivity index (χ4v) is 2.76. The van der Waals surface area contributed by atoms with Gasteiger partial charge in [0.25, 0.3) is 5.91 Å². The zero-order valence-corrected chi connectivity index (χ0v) is 14.8. The number of anilines is 1. The summed E-state index contributed by atoms with van der Waals surface area (Å²) in [5, 5.41) is 2.89. The molecule has 0 fully saturated rings. The number of carbonyl (C=O) groups excluding carboxylic acids is 1. The van der Waals surface area contributed by atoms with Crippen LogP contribution in [0.5, 0.6) is 0 Å². The fraction of sp³-hybridized carbons (Fsp3) is 0.0714. The van der Waals surface area contributed by atoms with Gasteiger partial charge in [0.2, 0.25) is 0 Å². The van der Waals surface area contributed by atoms with E-state index in [1.807, 2.05) is 37.3 Å². The van der Waals surface area contributed by atoms with Crippen LogP contribution >= 0.6 is 47.8 Å². The van der Waals surface area contributed by atoms with Crippen molar-refractivity contribution in [1.82, 2.24) is 0 Å². The van der Waals surface area contributed by atoms with Crippen LogP contribution in [0.25, 0.3) is 0 Å². The number of hydrogen-bond acceptors (Lipinski definition) is 1.